The lowest BCUT2D eigenvalue weighted by Crippen LogP contribution is -2.33. The maximum atomic E-state index is 12.8. The number of nitrogens with zero attached hydrogens (tertiary/aromatic N) is 1. The van der Waals surface area contributed by atoms with Gasteiger partial charge in [0, 0.05) is 29.8 Å². The van der Waals surface area contributed by atoms with Crippen LogP contribution in [0.1, 0.15) is 40.9 Å². The van der Waals surface area contributed by atoms with Crippen LogP contribution in [-0.2, 0) is 5.60 Å². The highest BCUT2D eigenvalue weighted by Crippen LogP contribution is 2.50. The Hall–Kier alpha value is -3.31. The molecule has 1 unspecified atom stereocenters. The zero-order chi connectivity index (χ0) is 21.3. The van der Waals surface area contributed by atoms with Gasteiger partial charge in [0.15, 0.2) is 0 Å². The van der Waals surface area contributed by atoms with Gasteiger partial charge in [-0.15, -0.1) is 0 Å². The molecule has 0 bridgehead atoms. The summed E-state index contributed by atoms with van der Waals surface area (Å²) in [7, 11) is 1.60. The summed E-state index contributed by atoms with van der Waals surface area (Å²) < 4.78 is 11.5. The number of methoxy groups -OCH3 is 1. The van der Waals surface area contributed by atoms with Crippen molar-refractivity contribution in [1.82, 2.24) is 4.90 Å². The molecule has 1 aliphatic heterocycles. The minimum absolute atomic E-state index is 0.0600. The molecule has 1 atom stereocenters. The lowest BCUT2D eigenvalue weighted by Gasteiger charge is -2.36. The van der Waals surface area contributed by atoms with E-state index in [1.807, 2.05) is 62.4 Å². The second kappa shape index (κ2) is 7.84. The molecule has 0 radical (unpaired) electrons. The van der Waals surface area contributed by atoms with Crippen molar-refractivity contribution in [2.45, 2.75) is 19.4 Å². The molecule has 154 valence electrons. The van der Waals surface area contributed by atoms with Crippen LogP contribution in [0.5, 0.6) is 17.2 Å². The molecule has 30 heavy (non-hydrogen) atoms. The van der Waals surface area contributed by atoms with E-state index in [9.17, 15) is 9.90 Å². The third-order valence-electron chi connectivity index (χ3n) is 5.65. The average Bonchev–Trinajstić information content (AvgIpc) is 2.79. The Bertz CT molecular complexity index is 1090. The Balaban J connectivity index is 1.90. The molecule has 0 aliphatic carbocycles. The van der Waals surface area contributed by atoms with Gasteiger partial charge in [-0.1, -0.05) is 36.4 Å². The summed E-state index contributed by atoms with van der Waals surface area (Å²) in [5.74, 6) is 1.62. The number of ether oxygens (including phenoxy) is 2. The Morgan fingerprint density at radius 1 is 0.967 bits per heavy atom. The Labute approximate surface area is 176 Å². The van der Waals surface area contributed by atoms with Crippen LogP contribution in [0.15, 0.2) is 66.7 Å². The fraction of sp³-hybridized carbons (Fsp3) is 0.240. The molecule has 3 aromatic carbocycles. The standard InChI is InChI=1S/C25H25NO4/c1-4-26(5-2)24(27)17-13-14-21-23(15-17)30-22-12-7-6-11-20(22)25(21,28)18-9-8-10-19(16-18)29-3/h6-16,28H,4-5H2,1-3H3. The van der Waals surface area contributed by atoms with E-state index >= 15 is 0 Å². The summed E-state index contributed by atoms with van der Waals surface area (Å²) >= 11 is 0. The summed E-state index contributed by atoms with van der Waals surface area (Å²) in [5, 5.41) is 12.1. The molecule has 0 saturated heterocycles. The maximum Gasteiger partial charge on any atom is 0.253 e. The molecular weight excluding hydrogens is 378 g/mol. The number of para-hydroxylation sites is 1. The van der Waals surface area contributed by atoms with E-state index in [0.29, 0.717) is 52.6 Å². The van der Waals surface area contributed by atoms with Gasteiger partial charge in [0.2, 0.25) is 0 Å². The smallest absolute Gasteiger partial charge is 0.253 e. The number of hydrogen-bond acceptors (Lipinski definition) is 4. The number of rotatable bonds is 5. The SMILES string of the molecule is CCN(CC)C(=O)c1ccc2c(c1)Oc1ccccc1C2(O)c1cccc(OC)c1. The summed E-state index contributed by atoms with van der Waals surface area (Å²) in [5.41, 5.74) is 1.00. The van der Waals surface area contributed by atoms with Crippen LogP contribution in [0.3, 0.4) is 0 Å². The zero-order valence-electron chi connectivity index (χ0n) is 17.4. The fourth-order valence-corrected chi connectivity index (χ4v) is 4.01. The minimum atomic E-state index is -1.44. The first kappa shape index (κ1) is 20.0. The molecule has 1 amide bonds. The van der Waals surface area contributed by atoms with E-state index in [0.717, 1.165) is 0 Å². The van der Waals surface area contributed by atoms with Gasteiger partial charge in [0.05, 0.1) is 7.11 Å². The van der Waals surface area contributed by atoms with Crippen LogP contribution < -0.4 is 9.47 Å². The van der Waals surface area contributed by atoms with Crippen LogP contribution in [0.25, 0.3) is 0 Å². The molecule has 1 heterocycles. The predicted octanol–water partition coefficient (Wildman–Crippen LogP) is 4.57. The number of carbonyl (C=O) groups is 1. The fourth-order valence-electron chi connectivity index (χ4n) is 4.01. The number of amides is 1. The van der Waals surface area contributed by atoms with Crippen LogP contribution in [0.2, 0.25) is 0 Å². The van der Waals surface area contributed by atoms with Crippen molar-refractivity contribution in [2.24, 2.45) is 0 Å². The quantitative estimate of drug-likeness (QED) is 0.678. The summed E-state index contributed by atoms with van der Waals surface area (Å²) in [6.07, 6.45) is 0. The molecule has 5 nitrogen and oxygen atoms in total. The molecule has 0 aromatic heterocycles. The highest BCUT2D eigenvalue weighted by molar-refractivity contribution is 5.95. The summed E-state index contributed by atoms with van der Waals surface area (Å²) in [6.45, 7) is 5.16. The third kappa shape index (κ3) is 3.12. The maximum absolute atomic E-state index is 12.8. The molecule has 3 aromatic rings. The lowest BCUT2D eigenvalue weighted by atomic mass is 9.78. The minimum Gasteiger partial charge on any atom is -0.497 e. The lowest BCUT2D eigenvalue weighted by molar-refractivity contribution is 0.0771. The Morgan fingerprint density at radius 2 is 1.70 bits per heavy atom. The van der Waals surface area contributed by atoms with Gasteiger partial charge in [-0.05, 0) is 49.7 Å². The van der Waals surface area contributed by atoms with Crippen molar-refractivity contribution >= 4 is 5.91 Å². The molecule has 5 heteroatoms. The van der Waals surface area contributed by atoms with Crippen molar-refractivity contribution in [3.8, 4) is 17.2 Å². The van der Waals surface area contributed by atoms with E-state index in [2.05, 4.69) is 0 Å². The molecule has 4 rings (SSSR count). The van der Waals surface area contributed by atoms with E-state index in [1.54, 1.807) is 30.2 Å². The average molecular weight is 403 g/mol. The first-order valence-electron chi connectivity index (χ1n) is 10.1. The third-order valence-corrected chi connectivity index (χ3v) is 5.65. The van der Waals surface area contributed by atoms with E-state index < -0.39 is 5.60 Å². The molecule has 1 N–H and O–H groups in total. The highest BCUT2D eigenvalue weighted by atomic mass is 16.5. The van der Waals surface area contributed by atoms with Crippen molar-refractivity contribution < 1.29 is 19.4 Å². The van der Waals surface area contributed by atoms with E-state index in [-0.39, 0.29) is 5.91 Å². The van der Waals surface area contributed by atoms with Crippen molar-refractivity contribution in [1.29, 1.82) is 0 Å². The first-order valence-corrected chi connectivity index (χ1v) is 10.1. The van der Waals surface area contributed by atoms with E-state index in [4.69, 9.17) is 9.47 Å². The highest BCUT2D eigenvalue weighted by Gasteiger charge is 2.42. The van der Waals surface area contributed by atoms with Gasteiger partial charge in [0.25, 0.3) is 5.91 Å². The normalized spacial score (nSPS) is 16.8. The zero-order valence-corrected chi connectivity index (χ0v) is 17.4. The predicted molar refractivity (Wildman–Crippen MR) is 115 cm³/mol. The largest absolute Gasteiger partial charge is 0.497 e. The van der Waals surface area contributed by atoms with Crippen molar-refractivity contribution in [3.63, 3.8) is 0 Å². The molecule has 1 aliphatic rings. The number of benzene rings is 3. The van der Waals surface area contributed by atoms with Gasteiger partial charge in [0.1, 0.15) is 22.8 Å². The molecule has 0 spiro atoms. The van der Waals surface area contributed by atoms with Crippen LogP contribution in [0, 0.1) is 0 Å². The second-order valence-electron chi connectivity index (χ2n) is 7.23. The number of carbonyl (C=O) groups excluding carboxylic acids is 1. The first-order chi connectivity index (χ1) is 14.5. The van der Waals surface area contributed by atoms with Crippen molar-refractivity contribution in [3.05, 3.63) is 89.0 Å². The second-order valence-corrected chi connectivity index (χ2v) is 7.23. The molecule has 0 fully saturated rings. The van der Waals surface area contributed by atoms with E-state index in [1.165, 1.54) is 0 Å². The molecular formula is C25H25NO4. The van der Waals surface area contributed by atoms with Gasteiger partial charge in [-0.3, -0.25) is 4.79 Å². The van der Waals surface area contributed by atoms with Gasteiger partial charge >= 0.3 is 0 Å². The monoisotopic (exact) mass is 403 g/mol. The Kier molecular flexibility index (Phi) is 5.22. The topological polar surface area (TPSA) is 59.0 Å². The van der Waals surface area contributed by atoms with Gasteiger partial charge in [-0.2, -0.15) is 0 Å². The van der Waals surface area contributed by atoms with Crippen LogP contribution in [-0.4, -0.2) is 36.1 Å². The molecule has 0 saturated carbocycles. The summed E-state index contributed by atoms with van der Waals surface area (Å²) in [4.78, 5) is 14.6. The number of hydrogen-bond donors (Lipinski definition) is 1. The van der Waals surface area contributed by atoms with Crippen LogP contribution in [0.4, 0.5) is 0 Å². The van der Waals surface area contributed by atoms with Crippen LogP contribution >= 0.6 is 0 Å². The number of aliphatic hydroxyl groups is 1. The Morgan fingerprint density at radius 3 is 2.43 bits per heavy atom. The van der Waals surface area contributed by atoms with Gasteiger partial charge < -0.3 is 19.5 Å². The number of fused-ring (bicyclic) bond motifs is 2. The van der Waals surface area contributed by atoms with Crippen molar-refractivity contribution in [2.75, 3.05) is 20.2 Å². The summed E-state index contributed by atoms with van der Waals surface area (Å²) in [6, 6.07) is 20.0. The van der Waals surface area contributed by atoms with Gasteiger partial charge in [-0.25, -0.2) is 0 Å².